The Morgan fingerprint density at radius 2 is 1.82 bits per heavy atom. The van der Waals surface area contributed by atoms with Crippen molar-refractivity contribution in [1.82, 2.24) is 15.4 Å². The Balaban J connectivity index is 1.21. The van der Waals surface area contributed by atoms with Crippen LogP contribution in [0.1, 0.15) is 57.1 Å². The van der Waals surface area contributed by atoms with Crippen molar-refractivity contribution in [1.29, 1.82) is 0 Å². The number of ether oxygens (including phenoxy) is 1. The largest absolute Gasteiger partial charge is 0.493 e. The molecule has 4 rings (SSSR count). The van der Waals surface area contributed by atoms with E-state index in [-0.39, 0.29) is 11.8 Å². The summed E-state index contributed by atoms with van der Waals surface area (Å²) < 4.78 is 6.11. The first-order chi connectivity index (χ1) is 16.7. The molecule has 1 fully saturated rings. The number of rotatable bonds is 9. The molecule has 1 unspecified atom stereocenters. The minimum absolute atomic E-state index is 0.00779. The van der Waals surface area contributed by atoms with Gasteiger partial charge in [0.05, 0.1) is 13.2 Å². The molecule has 1 N–H and O–H groups in total. The monoisotopic (exact) mass is 464 g/mol. The predicted octanol–water partition coefficient (Wildman–Crippen LogP) is 4.59. The number of amides is 1. The van der Waals surface area contributed by atoms with Crippen LogP contribution in [0.25, 0.3) is 5.57 Å². The van der Waals surface area contributed by atoms with Gasteiger partial charge in [-0.25, -0.2) is 15.4 Å². The summed E-state index contributed by atoms with van der Waals surface area (Å²) in [6.07, 6.45) is 11.7. The van der Waals surface area contributed by atoms with Gasteiger partial charge < -0.3 is 9.64 Å². The van der Waals surface area contributed by atoms with Gasteiger partial charge in [-0.2, -0.15) is 0 Å². The van der Waals surface area contributed by atoms with Gasteiger partial charge in [-0.1, -0.05) is 25.1 Å². The first-order valence-electron chi connectivity index (χ1n) is 12.6. The number of carbonyl (C=O) groups excluding carboxylic acids is 1. The summed E-state index contributed by atoms with van der Waals surface area (Å²) in [4.78, 5) is 28.4. The van der Waals surface area contributed by atoms with Crippen LogP contribution in [0.3, 0.4) is 0 Å². The number of nitrogens with one attached hydrogen (secondary N) is 1. The average molecular weight is 465 g/mol. The highest BCUT2D eigenvalue weighted by atomic mass is 16.6. The van der Waals surface area contributed by atoms with E-state index in [2.05, 4.69) is 57.6 Å². The number of anilines is 1. The van der Waals surface area contributed by atoms with Crippen molar-refractivity contribution in [2.45, 2.75) is 52.4 Å². The van der Waals surface area contributed by atoms with Gasteiger partial charge in [-0.3, -0.25) is 9.63 Å². The van der Waals surface area contributed by atoms with Crippen LogP contribution >= 0.6 is 0 Å². The number of hydroxylamine groups is 1. The molecule has 2 aromatic rings. The molecule has 7 heteroatoms. The Morgan fingerprint density at radius 1 is 1.09 bits per heavy atom. The molecule has 1 aliphatic carbocycles. The summed E-state index contributed by atoms with van der Waals surface area (Å²) >= 11 is 0. The molecule has 0 bridgehead atoms. The fraction of sp³-hybridized carbons (Fsp3) is 0.519. The van der Waals surface area contributed by atoms with Crippen LogP contribution < -0.4 is 15.1 Å². The van der Waals surface area contributed by atoms with Crippen LogP contribution in [0.5, 0.6) is 5.75 Å². The van der Waals surface area contributed by atoms with Gasteiger partial charge in [0.1, 0.15) is 5.75 Å². The molecular formula is C27H36N4O3. The van der Waals surface area contributed by atoms with Gasteiger partial charge in [0.25, 0.3) is 0 Å². The van der Waals surface area contributed by atoms with Crippen molar-refractivity contribution in [2.24, 2.45) is 11.8 Å². The molecule has 182 valence electrons. The zero-order valence-electron chi connectivity index (χ0n) is 20.3. The minimum atomic E-state index is -0.0198. The fourth-order valence-corrected chi connectivity index (χ4v) is 4.53. The van der Waals surface area contributed by atoms with Crippen molar-refractivity contribution in [3.63, 3.8) is 0 Å². The average Bonchev–Trinajstić information content (AvgIpc) is 2.91. The van der Waals surface area contributed by atoms with Crippen LogP contribution in [0.4, 0.5) is 5.95 Å². The molecule has 1 aromatic carbocycles. The van der Waals surface area contributed by atoms with E-state index >= 15 is 0 Å². The predicted molar refractivity (Wildman–Crippen MR) is 133 cm³/mol. The Kier molecular flexibility index (Phi) is 8.52. The van der Waals surface area contributed by atoms with Gasteiger partial charge in [-0.15, -0.1) is 0 Å². The minimum Gasteiger partial charge on any atom is -0.493 e. The van der Waals surface area contributed by atoms with Crippen molar-refractivity contribution >= 4 is 17.4 Å². The molecule has 1 atom stereocenters. The topological polar surface area (TPSA) is 76.6 Å². The molecule has 34 heavy (non-hydrogen) atoms. The smallest absolute Gasteiger partial charge is 0.246 e. The fourth-order valence-electron chi connectivity index (χ4n) is 4.53. The second-order valence-electron chi connectivity index (χ2n) is 9.11. The van der Waals surface area contributed by atoms with E-state index in [4.69, 9.17) is 9.57 Å². The van der Waals surface area contributed by atoms with Crippen molar-refractivity contribution in [3.05, 3.63) is 53.9 Å². The lowest BCUT2D eigenvalue weighted by Gasteiger charge is -2.31. The van der Waals surface area contributed by atoms with Crippen molar-refractivity contribution < 1.29 is 14.4 Å². The van der Waals surface area contributed by atoms with E-state index in [9.17, 15) is 4.79 Å². The number of carbonyl (C=O) groups is 1. The van der Waals surface area contributed by atoms with Crippen LogP contribution in [0.15, 0.2) is 42.7 Å². The van der Waals surface area contributed by atoms with E-state index in [0.717, 1.165) is 69.9 Å². The summed E-state index contributed by atoms with van der Waals surface area (Å²) in [5.74, 6) is 2.27. The third-order valence-electron chi connectivity index (χ3n) is 6.81. The number of hydrogen-bond acceptors (Lipinski definition) is 6. The third kappa shape index (κ3) is 6.35. The Morgan fingerprint density at radius 3 is 2.44 bits per heavy atom. The highest BCUT2D eigenvalue weighted by molar-refractivity contribution is 5.79. The Hall–Kier alpha value is -2.93. The molecule has 1 aliphatic heterocycles. The van der Waals surface area contributed by atoms with Gasteiger partial charge in [0.15, 0.2) is 0 Å². The number of nitrogens with zero attached hydrogens (tertiary/aromatic N) is 3. The first-order valence-corrected chi connectivity index (χ1v) is 12.6. The van der Waals surface area contributed by atoms with E-state index < -0.39 is 0 Å². The van der Waals surface area contributed by atoms with Crippen LogP contribution in [-0.4, -0.2) is 42.2 Å². The summed E-state index contributed by atoms with van der Waals surface area (Å²) in [5, 5.41) is 0. The Labute approximate surface area is 202 Å². The molecule has 1 saturated heterocycles. The number of hydrogen-bond donors (Lipinski definition) is 1. The maximum Gasteiger partial charge on any atom is 0.246 e. The van der Waals surface area contributed by atoms with Gasteiger partial charge in [-0.05, 0) is 80.2 Å². The zero-order valence-corrected chi connectivity index (χ0v) is 20.3. The zero-order chi connectivity index (χ0) is 23.8. The van der Waals surface area contributed by atoms with Crippen LogP contribution in [0, 0.1) is 11.8 Å². The van der Waals surface area contributed by atoms with Crippen molar-refractivity contribution in [2.75, 3.05) is 31.2 Å². The van der Waals surface area contributed by atoms with Gasteiger partial charge in [0, 0.05) is 31.4 Å². The highest BCUT2D eigenvalue weighted by Gasteiger charge is 2.23. The molecule has 0 spiro atoms. The molecule has 2 aliphatic rings. The molecule has 0 saturated carbocycles. The summed E-state index contributed by atoms with van der Waals surface area (Å²) in [7, 11) is 0. The lowest BCUT2D eigenvalue weighted by molar-refractivity contribution is -0.137. The number of benzene rings is 1. The first kappa shape index (κ1) is 24.2. The summed E-state index contributed by atoms with van der Waals surface area (Å²) in [6.45, 7) is 7.13. The second kappa shape index (κ2) is 12.0. The maximum absolute atomic E-state index is 12.1. The standard InChI is InChI=1S/C27H36N4O3/c1-3-20-17-28-27(29-18-20)31-15-13-21(14-16-31)19-33-25-11-9-23(10-12-25)22-5-7-24(8-6-22)26(32)30-34-4-2/h5,9-12,17-18,21,24H,3-4,6-8,13-16,19H2,1-2H3,(H,30,32). The van der Waals surface area contributed by atoms with E-state index in [1.54, 1.807) is 0 Å². The SMILES string of the molecule is CCONC(=O)C1CC=C(c2ccc(OCC3CCN(c4ncc(CC)cn4)CC3)cc2)CC1. The molecule has 0 radical (unpaired) electrons. The Bertz CT molecular complexity index is 951. The number of aromatic nitrogens is 2. The lowest BCUT2D eigenvalue weighted by Crippen LogP contribution is -2.36. The molecule has 1 aromatic heterocycles. The van der Waals surface area contributed by atoms with E-state index in [1.807, 2.05) is 19.3 Å². The molecular weight excluding hydrogens is 428 g/mol. The molecule has 1 amide bonds. The van der Waals surface area contributed by atoms with E-state index in [0.29, 0.717) is 12.5 Å². The number of piperidine rings is 1. The van der Waals surface area contributed by atoms with Crippen molar-refractivity contribution in [3.8, 4) is 5.75 Å². The third-order valence-corrected chi connectivity index (χ3v) is 6.81. The number of aryl methyl sites for hydroxylation is 1. The summed E-state index contributed by atoms with van der Waals surface area (Å²) in [6, 6.07) is 8.37. The lowest BCUT2D eigenvalue weighted by atomic mass is 9.86. The number of allylic oxidation sites excluding steroid dienone is 2. The van der Waals surface area contributed by atoms with E-state index in [1.165, 1.54) is 16.7 Å². The van der Waals surface area contributed by atoms with Crippen LogP contribution in [0.2, 0.25) is 0 Å². The maximum atomic E-state index is 12.1. The van der Waals surface area contributed by atoms with Gasteiger partial charge >= 0.3 is 0 Å². The molecule has 2 heterocycles. The van der Waals surface area contributed by atoms with Crippen LogP contribution in [-0.2, 0) is 16.1 Å². The highest BCUT2D eigenvalue weighted by Crippen LogP contribution is 2.31. The second-order valence-corrected chi connectivity index (χ2v) is 9.11. The quantitative estimate of drug-likeness (QED) is 0.547. The molecule has 7 nitrogen and oxygen atoms in total. The summed E-state index contributed by atoms with van der Waals surface area (Å²) in [5.41, 5.74) is 6.21. The normalized spacial score (nSPS) is 18.9. The van der Waals surface area contributed by atoms with Gasteiger partial charge in [0.2, 0.25) is 11.9 Å².